The van der Waals surface area contributed by atoms with Crippen molar-refractivity contribution in [3.8, 4) is 5.69 Å². The maximum atomic E-state index is 12.5. The van der Waals surface area contributed by atoms with Gasteiger partial charge in [-0.15, -0.1) is 10.2 Å². The molecule has 1 N–H and O–H groups in total. The third-order valence-corrected chi connectivity index (χ3v) is 6.65. The Hall–Kier alpha value is -2.32. The van der Waals surface area contributed by atoms with E-state index in [0.29, 0.717) is 0 Å². The summed E-state index contributed by atoms with van der Waals surface area (Å²) >= 11 is 4.86. The molecular weight excluding hydrogens is 462 g/mol. The van der Waals surface area contributed by atoms with Crippen LogP contribution in [0.5, 0.6) is 0 Å². The van der Waals surface area contributed by atoms with E-state index in [1.807, 2.05) is 24.3 Å². The summed E-state index contributed by atoms with van der Waals surface area (Å²) in [5, 5.41) is 12.6. The Morgan fingerprint density at radius 1 is 1.07 bits per heavy atom. The maximum Gasteiger partial charge on any atom is 0.234 e. The molecule has 0 radical (unpaired) electrons. The number of hydrogen-bond acceptors (Lipinski definition) is 5. The summed E-state index contributed by atoms with van der Waals surface area (Å²) in [6, 6.07) is 15.9. The number of aromatic nitrogens is 3. The van der Waals surface area contributed by atoms with Gasteiger partial charge in [-0.25, -0.2) is 0 Å². The van der Waals surface area contributed by atoms with E-state index in [-0.39, 0.29) is 11.7 Å². The van der Waals surface area contributed by atoms with Crippen molar-refractivity contribution in [1.82, 2.24) is 14.8 Å². The van der Waals surface area contributed by atoms with Gasteiger partial charge in [0.25, 0.3) is 0 Å². The minimum Gasteiger partial charge on any atom is -0.341 e. The van der Waals surface area contributed by atoms with Crippen LogP contribution in [0.4, 0.5) is 11.6 Å². The molecule has 1 aromatic heterocycles. The SMILES string of the molecule is Cc1ccc(-n2c(SCC(=O)Nc3ccccc3Br)nnc2N2CCCCC2)cc1. The summed E-state index contributed by atoms with van der Waals surface area (Å²) in [4.78, 5) is 14.8. The second-order valence-corrected chi connectivity index (χ2v) is 9.11. The summed E-state index contributed by atoms with van der Waals surface area (Å²) in [5.41, 5.74) is 2.98. The fourth-order valence-corrected chi connectivity index (χ4v) is 4.58. The van der Waals surface area contributed by atoms with E-state index in [4.69, 9.17) is 0 Å². The molecule has 30 heavy (non-hydrogen) atoms. The van der Waals surface area contributed by atoms with E-state index in [0.717, 1.165) is 52.9 Å². The van der Waals surface area contributed by atoms with Gasteiger partial charge in [-0.05, 0) is 66.4 Å². The average molecular weight is 486 g/mol. The first-order chi connectivity index (χ1) is 14.6. The van der Waals surface area contributed by atoms with Crippen LogP contribution in [-0.4, -0.2) is 39.5 Å². The van der Waals surface area contributed by atoms with Crippen molar-refractivity contribution in [2.24, 2.45) is 0 Å². The minimum atomic E-state index is -0.0788. The summed E-state index contributed by atoms with van der Waals surface area (Å²) in [6.07, 6.45) is 3.58. The monoisotopic (exact) mass is 485 g/mol. The zero-order valence-electron chi connectivity index (χ0n) is 16.8. The summed E-state index contributed by atoms with van der Waals surface area (Å²) in [5.74, 6) is 1.03. The molecule has 8 heteroatoms. The fraction of sp³-hybridized carbons (Fsp3) is 0.318. The summed E-state index contributed by atoms with van der Waals surface area (Å²) in [6.45, 7) is 4.04. The molecule has 1 saturated heterocycles. The van der Waals surface area contributed by atoms with E-state index >= 15 is 0 Å². The Labute approximate surface area is 189 Å². The molecule has 6 nitrogen and oxygen atoms in total. The van der Waals surface area contributed by atoms with Crippen molar-refractivity contribution in [2.75, 3.05) is 29.1 Å². The van der Waals surface area contributed by atoms with E-state index in [9.17, 15) is 4.79 Å². The number of thioether (sulfide) groups is 1. The molecular formula is C22H24BrN5OS. The van der Waals surface area contributed by atoms with Crippen LogP contribution >= 0.6 is 27.7 Å². The molecule has 2 heterocycles. The third-order valence-electron chi connectivity index (χ3n) is 5.03. The number of para-hydroxylation sites is 1. The molecule has 4 rings (SSSR count). The molecule has 0 unspecified atom stereocenters. The highest BCUT2D eigenvalue weighted by atomic mass is 79.9. The predicted molar refractivity (Wildman–Crippen MR) is 126 cm³/mol. The zero-order chi connectivity index (χ0) is 20.9. The molecule has 1 amide bonds. The Balaban J connectivity index is 1.55. The van der Waals surface area contributed by atoms with E-state index < -0.39 is 0 Å². The number of rotatable bonds is 6. The Bertz CT molecular complexity index is 1010. The number of piperidine rings is 1. The van der Waals surface area contributed by atoms with Gasteiger partial charge in [-0.1, -0.05) is 41.6 Å². The number of carbonyl (C=O) groups excluding carboxylic acids is 1. The smallest absolute Gasteiger partial charge is 0.234 e. The highest BCUT2D eigenvalue weighted by Gasteiger charge is 2.22. The van der Waals surface area contributed by atoms with Crippen molar-refractivity contribution in [3.05, 3.63) is 58.6 Å². The van der Waals surface area contributed by atoms with Gasteiger partial charge in [-0.2, -0.15) is 0 Å². The number of benzene rings is 2. The zero-order valence-corrected chi connectivity index (χ0v) is 19.2. The molecule has 1 fully saturated rings. The first kappa shape index (κ1) is 20.9. The van der Waals surface area contributed by atoms with Crippen LogP contribution in [0.3, 0.4) is 0 Å². The highest BCUT2D eigenvalue weighted by molar-refractivity contribution is 9.10. The Morgan fingerprint density at radius 3 is 2.53 bits per heavy atom. The largest absolute Gasteiger partial charge is 0.341 e. The molecule has 3 aromatic rings. The molecule has 0 saturated carbocycles. The summed E-state index contributed by atoms with van der Waals surface area (Å²) < 4.78 is 2.93. The van der Waals surface area contributed by atoms with Crippen LogP contribution in [-0.2, 0) is 4.79 Å². The van der Waals surface area contributed by atoms with Crippen LogP contribution in [0, 0.1) is 6.92 Å². The molecule has 0 bridgehead atoms. The first-order valence-electron chi connectivity index (χ1n) is 10.1. The third kappa shape index (κ3) is 4.87. The van der Waals surface area contributed by atoms with Crippen molar-refractivity contribution in [1.29, 1.82) is 0 Å². The van der Waals surface area contributed by atoms with Gasteiger partial charge >= 0.3 is 0 Å². The normalized spacial score (nSPS) is 14.0. The lowest BCUT2D eigenvalue weighted by Gasteiger charge is -2.27. The minimum absolute atomic E-state index is 0.0788. The molecule has 1 aliphatic heterocycles. The average Bonchev–Trinajstić information content (AvgIpc) is 3.19. The second-order valence-electron chi connectivity index (χ2n) is 7.32. The number of nitrogens with zero attached hydrogens (tertiary/aromatic N) is 4. The van der Waals surface area contributed by atoms with Gasteiger partial charge in [0.2, 0.25) is 11.9 Å². The Kier molecular flexibility index (Phi) is 6.74. The first-order valence-corrected chi connectivity index (χ1v) is 11.8. The van der Waals surface area contributed by atoms with E-state index in [2.05, 4.69) is 72.1 Å². The molecule has 0 aliphatic carbocycles. The van der Waals surface area contributed by atoms with Crippen molar-refractivity contribution in [3.63, 3.8) is 0 Å². The highest BCUT2D eigenvalue weighted by Crippen LogP contribution is 2.29. The lowest BCUT2D eigenvalue weighted by atomic mass is 10.1. The second kappa shape index (κ2) is 9.66. The molecule has 0 spiro atoms. The van der Waals surface area contributed by atoms with E-state index in [1.165, 1.54) is 23.7 Å². The van der Waals surface area contributed by atoms with Crippen LogP contribution in [0.2, 0.25) is 0 Å². The quantitative estimate of drug-likeness (QED) is 0.494. The summed E-state index contributed by atoms with van der Waals surface area (Å²) in [7, 11) is 0. The standard InChI is InChI=1S/C22H24BrN5OS/c1-16-9-11-17(12-10-16)28-21(27-13-5-2-6-14-27)25-26-22(28)30-15-20(29)24-19-8-4-3-7-18(19)23/h3-4,7-12H,2,5-6,13-15H2,1H3,(H,24,29). The maximum absolute atomic E-state index is 12.5. The lowest BCUT2D eigenvalue weighted by Crippen LogP contribution is -2.31. The van der Waals surface area contributed by atoms with Crippen molar-refractivity contribution >= 4 is 45.2 Å². The Morgan fingerprint density at radius 2 is 1.80 bits per heavy atom. The number of hydrogen-bond donors (Lipinski definition) is 1. The van der Waals surface area contributed by atoms with Gasteiger partial charge in [0.05, 0.1) is 17.1 Å². The number of amides is 1. The number of aryl methyl sites for hydroxylation is 1. The van der Waals surface area contributed by atoms with Crippen LogP contribution in [0.25, 0.3) is 5.69 Å². The van der Waals surface area contributed by atoms with Gasteiger partial charge in [0, 0.05) is 17.6 Å². The van der Waals surface area contributed by atoms with E-state index in [1.54, 1.807) is 0 Å². The predicted octanol–water partition coefficient (Wildman–Crippen LogP) is 5.06. The molecule has 156 valence electrons. The molecule has 2 aromatic carbocycles. The number of anilines is 2. The topological polar surface area (TPSA) is 63.1 Å². The van der Waals surface area contributed by atoms with Gasteiger partial charge < -0.3 is 10.2 Å². The van der Waals surface area contributed by atoms with Gasteiger partial charge in [0.15, 0.2) is 5.16 Å². The molecule has 1 aliphatic rings. The fourth-order valence-electron chi connectivity index (χ4n) is 3.45. The van der Waals surface area contributed by atoms with Crippen LogP contribution in [0.1, 0.15) is 24.8 Å². The van der Waals surface area contributed by atoms with Crippen molar-refractivity contribution < 1.29 is 4.79 Å². The van der Waals surface area contributed by atoms with Crippen LogP contribution < -0.4 is 10.2 Å². The van der Waals surface area contributed by atoms with Gasteiger partial charge in [-0.3, -0.25) is 9.36 Å². The number of carbonyl (C=O) groups is 1. The number of halogens is 1. The van der Waals surface area contributed by atoms with Crippen LogP contribution in [0.15, 0.2) is 58.2 Å². The molecule has 0 atom stereocenters. The van der Waals surface area contributed by atoms with Gasteiger partial charge in [0.1, 0.15) is 0 Å². The number of nitrogens with one attached hydrogen (secondary N) is 1. The van der Waals surface area contributed by atoms with Crippen molar-refractivity contribution in [2.45, 2.75) is 31.3 Å². The lowest BCUT2D eigenvalue weighted by molar-refractivity contribution is -0.113.